The number of carbonyl (C=O) groups excluding carboxylic acids is 1. The maximum Gasteiger partial charge on any atom is 0.224 e. The third kappa shape index (κ3) is 5.21. The molecule has 22 heavy (non-hydrogen) atoms. The lowest BCUT2D eigenvalue weighted by molar-refractivity contribution is -0.124. The zero-order valence-electron chi connectivity index (χ0n) is 13.6. The number of hydrogen-bond donors (Lipinski definition) is 1. The monoisotopic (exact) mass is 332 g/mol. The lowest BCUT2D eigenvalue weighted by Crippen LogP contribution is -2.50. The Morgan fingerprint density at radius 1 is 1.32 bits per heavy atom. The van der Waals surface area contributed by atoms with Crippen LogP contribution in [-0.2, 0) is 19.4 Å². The van der Waals surface area contributed by atoms with Gasteiger partial charge in [-0.15, -0.1) is 0 Å². The molecule has 0 aliphatic carbocycles. The molecule has 6 nitrogen and oxygen atoms in total. The van der Waals surface area contributed by atoms with Gasteiger partial charge in [0.1, 0.15) is 0 Å². The van der Waals surface area contributed by atoms with Crippen LogP contribution in [0.25, 0.3) is 0 Å². The zero-order chi connectivity index (χ0) is 16.2. The van der Waals surface area contributed by atoms with Gasteiger partial charge in [0, 0.05) is 25.7 Å². The molecule has 0 saturated carbocycles. The van der Waals surface area contributed by atoms with Crippen molar-refractivity contribution in [2.24, 2.45) is 11.8 Å². The van der Waals surface area contributed by atoms with E-state index in [1.54, 1.807) is 0 Å². The summed E-state index contributed by atoms with van der Waals surface area (Å²) in [5.41, 5.74) is 0. The van der Waals surface area contributed by atoms with E-state index < -0.39 is 9.84 Å². The van der Waals surface area contributed by atoms with Crippen LogP contribution >= 0.6 is 0 Å². The first-order chi connectivity index (χ1) is 10.4. The van der Waals surface area contributed by atoms with Gasteiger partial charge in [-0.05, 0) is 18.8 Å². The predicted octanol–water partition coefficient (Wildman–Crippen LogP) is 0.284. The maximum atomic E-state index is 12.2. The standard InChI is InChI=1S/C15H28N2O4S/c1-12(2)9-14(17-4-6-21-7-5-17)10-16-15(18)13-3-8-22(19,20)11-13/h12-14H,3-11H2,1-2H3,(H,16,18). The molecular weight excluding hydrogens is 304 g/mol. The first-order valence-electron chi connectivity index (χ1n) is 8.17. The van der Waals surface area contributed by atoms with Crippen molar-refractivity contribution in [2.75, 3.05) is 44.4 Å². The zero-order valence-corrected chi connectivity index (χ0v) is 14.4. The third-order valence-electron chi connectivity index (χ3n) is 4.42. The molecule has 7 heteroatoms. The van der Waals surface area contributed by atoms with Gasteiger partial charge in [-0.1, -0.05) is 13.8 Å². The number of carbonyl (C=O) groups is 1. The molecule has 2 atom stereocenters. The van der Waals surface area contributed by atoms with Crippen molar-refractivity contribution in [3.8, 4) is 0 Å². The Kier molecular flexibility index (Phi) is 6.23. The molecule has 0 spiro atoms. The summed E-state index contributed by atoms with van der Waals surface area (Å²) in [5.74, 6) is 0.226. The molecule has 0 aromatic rings. The number of amides is 1. The van der Waals surface area contributed by atoms with Crippen LogP contribution in [0.2, 0.25) is 0 Å². The average molecular weight is 332 g/mol. The minimum Gasteiger partial charge on any atom is -0.379 e. The summed E-state index contributed by atoms with van der Waals surface area (Å²) in [4.78, 5) is 14.6. The smallest absolute Gasteiger partial charge is 0.224 e. The molecule has 0 aromatic heterocycles. The number of nitrogens with one attached hydrogen (secondary N) is 1. The summed E-state index contributed by atoms with van der Waals surface area (Å²) in [6.07, 6.45) is 1.48. The Morgan fingerprint density at radius 2 is 2.00 bits per heavy atom. The Bertz CT molecular complexity index is 472. The summed E-state index contributed by atoms with van der Waals surface area (Å²) in [6, 6.07) is 0.297. The van der Waals surface area contributed by atoms with E-state index in [-0.39, 0.29) is 23.3 Å². The summed E-state index contributed by atoms with van der Waals surface area (Å²) in [7, 11) is -3.01. The molecule has 2 heterocycles. The lowest BCUT2D eigenvalue weighted by Gasteiger charge is -2.35. The Hall–Kier alpha value is -0.660. The van der Waals surface area contributed by atoms with Gasteiger partial charge in [0.15, 0.2) is 9.84 Å². The highest BCUT2D eigenvalue weighted by atomic mass is 32.2. The van der Waals surface area contributed by atoms with Gasteiger partial charge >= 0.3 is 0 Å². The minimum atomic E-state index is -3.01. The molecule has 1 amide bonds. The van der Waals surface area contributed by atoms with E-state index in [1.165, 1.54) is 0 Å². The van der Waals surface area contributed by atoms with Gasteiger partial charge in [0.2, 0.25) is 5.91 Å². The SMILES string of the molecule is CC(C)CC(CNC(=O)C1CCS(=O)(=O)C1)N1CCOCC1. The fourth-order valence-corrected chi connectivity index (χ4v) is 4.95. The van der Waals surface area contributed by atoms with Crippen LogP contribution in [0.5, 0.6) is 0 Å². The molecule has 128 valence electrons. The summed E-state index contributed by atoms with van der Waals surface area (Å²) < 4.78 is 28.3. The molecule has 2 fully saturated rings. The van der Waals surface area contributed by atoms with E-state index in [0.717, 1.165) is 32.7 Å². The molecule has 2 aliphatic heterocycles. The first kappa shape index (κ1) is 17.7. The van der Waals surface area contributed by atoms with Gasteiger partial charge < -0.3 is 10.1 Å². The lowest BCUT2D eigenvalue weighted by atomic mass is 10.0. The van der Waals surface area contributed by atoms with Gasteiger partial charge in [0.25, 0.3) is 0 Å². The number of ether oxygens (including phenoxy) is 1. The Labute approximate surface area is 133 Å². The van der Waals surface area contributed by atoms with Gasteiger partial charge in [-0.25, -0.2) is 8.42 Å². The number of nitrogens with zero attached hydrogens (tertiary/aromatic N) is 1. The van der Waals surface area contributed by atoms with Crippen LogP contribution in [0.15, 0.2) is 0 Å². The van der Waals surface area contributed by atoms with E-state index in [4.69, 9.17) is 4.74 Å². The summed E-state index contributed by atoms with van der Waals surface area (Å²) in [6.45, 7) is 8.22. The average Bonchev–Trinajstić information content (AvgIpc) is 2.84. The van der Waals surface area contributed by atoms with Crippen molar-refractivity contribution >= 4 is 15.7 Å². The fraction of sp³-hybridized carbons (Fsp3) is 0.933. The van der Waals surface area contributed by atoms with Crippen molar-refractivity contribution in [1.82, 2.24) is 10.2 Å². The van der Waals surface area contributed by atoms with Gasteiger partial charge in [0.05, 0.1) is 30.6 Å². The minimum absolute atomic E-state index is 0.00519. The van der Waals surface area contributed by atoms with Crippen molar-refractivity contribution < 1.29 is 17.9 Å². The molecular formula is C15H28N2O4S. The van der Waals surface area contributed by atoms with Crippen molar-refractivity contribution in [1.29, 1.82) is 0 Å². The van der Waals surface area contributed by atoms with E-state index in [1.807, 2.05) is 0 Å². The number of morpholine rings is 1. The van der Waals surface area contributed by atoms with E-state index >= 15 is 0 Å². The van der Waals surface area contributed by atoms with Crippen molar-refractivity contribution in [3.63, 3.8) is 0 Å². The largest absolute Gasteiger partial charge is 0.379 e. The van der Waals surface area contributed by atoms with Gasteiger partial charge in [-0.2, -0.15) is 0 Å². The van der Waals surface area contributed by atoms with Crippen LogP contribution in [0.3, 0.4) is 0 Å². The summed E-state index contributed by atoms with van der Waals surface area (Å²) >= 11 is 0. The van der Waals surface area contributed by atoms with Crippen LogP contribution in [0.4, 0.5) is 0 Å². The highest BCUT2D eigenvalue weighted by Gasteiger charge is 2.33. The summed E-state index contributed by atoms with van der Waals surface area (Å²) in [5, 5.41) is 2.98. The molecule has 2 rings (SSSR count). The number of hydrogen-bond acceptors (Lipinski definition) is 5. The molecule has 0 radical (unpaired) electrons. The molecule has 2 unspecified atom stereocenters. The molecule has 0 aromatic carbocycles. The molecule has 2 aliphatic rings. The highest BCUT2D eigenvalue weighted by Crippen LogP contribution is 2.19. The molecule has 0 bridgehead atoms. The highest BCUT2D eigenvalue weighted by molar-refractivity contribution is 7.91. The van der Waals surface area contributed by atoms with E-state index in [9.17, 15) is 13.2 Å². The van der Waals surface area contributed by atoms with Crippen LogP contribution in [-0.4, -0.2) is 69.6 Å². The number of rotatable bonds is 6. The maximum absolute atomic E-state index is 12.2. The van der Waals surface area contributed by atoms with Gasteiger partial charge in [-0.3, -0.25) is 9.69 Å². The predicted molar refractivity (Wildman–Crippen MR) is 85.4 cm³/mol. The third-order valence-corrected chi connectivity index (χ3v) is 6.19. The van der Waals surface area contributed by atoms with Crippen LogP contribution < -0.4 is 5.32 Å². The van der Waals surface area contributed by atoms with Crippen molar-refractivity contribution in [3.05, 3.63) is 0 Å². The van der Waals surface area contributed by atoms with Crippen LogP contribution in [0, 0.1) is 11.8 Å². The normalized spacial score (nSPS) is 27.0. The van der Waals surface area contributed by atoms with E-state index in [2.05, 4.69) is 24.1 Å². The quantitative estimate of drug-likeness (QED) is 0.756. The number of sulfone groups is 1. The second kappa shape index (κ2) is 7.75. The first-order valence-corrected chi connectivity index (χ1v) is 9.99. The Balaban J connectivity index is 1.86. The fourth-order valence-electron chi connectivity index (χ4n) is 3.21. The van der Waals surface area contributed by atoms with Crippen LogP contribution in [0.1, 0.15) is 26.7 Å². The van der Waals surface area contributed by atoms with Crippen molar-refractivity contribution in [2.45, 2.75) is 32.7 Å². The Morgan fingerprint density at radius 3 is 2.55 bits per heavy atom. The molecule has 1 N–H and O–H groups in total. The topological polar surface area (TPSA) is 75.7 Å². The van der Waals surface area contributed by atoms with E-state index in [0.29, 0.717) is 24.9 Å². The molecule has 2 saturated heterocycles. The second-order valence-electron chi connectivity index (χ2n) is 6.78. The second-order valence-corrected chi connectivity index (χ2v) is 9.01.